The predicted molar refractivity (Wildman–Crippen MR) is 101 cm³/mol. The molecular formula is C20H21N3O3. The molecule has 6 heteroatoms. The third-order valence-corrected chi connectivity index (χ3v) is 4.28. The molecule has 134 valence electrons. The number of benzene rings is 2. The first-order valence-corrected chi connectivity index (χ1v) is 8.65. The standard InChI is InChI=1S/C20H21N3O3/c1-2-14-7-9-15(10-8-14)21-18(24)11-12-20(26)23-13-19(25)22-16-5-3-4-6-17(16)23/h3-10H,2,11-13H2,1H3,(H,21,24)(H,22,25). The average Bonchev–Trinajstić information content (AvgIpc) is 2.66. The van der Waals surface area contributed by atoms with Crippen LogP contribution < -0.4 is 15.5 Å². The van der Waals surface area contributed by atoms with Crippen molar-refractivity contribution >= 4 is 34.8 Å². The molecule has 2 N–H and O–H groups in total. The van der Waals surface area contributed by atoms with Crippen LogP contribution in [-0.2, 0) is 20.8 Å². The first-order chi connectivity index (χ1) is 12.6. The molecule has 6 nitrogen and oxygen atoms in total. The number of amides is 3. The Morgan fingerprint density at radius 1 is 1.08 bits per heavy atom. The zero-order chi connectivity index (χ0) is 18.5. The zero-order valence-electron chi connectivity index (χ0n) is 14.6. The van der Waals surface area contributed by atoms with E-state index in [4.69, 9.17) is 0 Å². The lowest BCUT2D eigenvalue weighted by atomic mass is 10.1. The second-order valence-electron chi connectivity index (χ2n) is 6.14. The number of nitrogens with zero attached hydrogens (tertiary/aromatic N) is 1. The van der Waals surface area contributed by atoms with Crippen LogP contribution in [0.3, 0.4) is 0 Å². The maximum absolute atomic E-state index is 12.5. The molecule has 1 aliphatic rings. The van der Waals surface area contributed by atoms with E-state index in [1.807, 2.05) is 30.3 Å². The van der Waals surface area contributed by atoms with Crippen LogP contribution in [0.1, 0.15) is 25.3 Å². The van der Waals surface area contributed by atoms with Crippen molar-refractivity contribution in [3.05, 3.63) is 54.1 Å². The van der Waals surface area contributed by atoms with Crippen molar-refractivity contribution < 1.29 is 14.4 Å². The Morgan fingerprint density at radius 3 is 2.54 bits per heavy atom. The lowest BCUT2D eigenvalue weighted by molar-refractivity contribution is -0.124. The molecule has 0 spiro atoms. The summed E-state index contributed by atoms with van der Waals surface area (Å²) in [6.45, 7) is 2.04. The molecule has 0 saturated heterocycles. The van der Waals surface area contributed by atoms with Gasteiger partial charge in [0.15, 0.2) is 0 Å². The van der Waals surface area contributed by atoms with Gasteiger partial charge in [0.2, 0.25) is 17.7 Å². The molecule has 26 heavy (non-hydrogen) atoms. The van der Waals surface area contributed by atoms with Gasteiger partial charge in [-0.3, -0.25) is 14.4 Å². The Balaban J connectivity index is 1.58. The molecule has 0 fully saturated rings. The molecule has 0 unspecified atom stereocenters. The zero-order valence-corrected chi connectivity index (χ0v) is 14.6. The Labute approximate surface area is 152 Å². The molecule has 0 saturated carbocycles. The fourth-order valence-corrected chi connectivity index (χ4v) is 2.86. The van der Waals surface area contributed by atoms with E-state index < -0.39 is 0 Å². The second-order valence-corrected chi connectivity index (χ2v) is 6.14. The summed E-state index contributed by atoms with van der Waals surface area (Å²) in [6, 6.07) is 14.8. The molecule has 3 amide bonds. The van der Waals surface area contributed by atoms with Crippen LogP contribution in [0.25, 0.3) is 0 Å². The summed E-state index contributed by atoms with van der Waals surface area (Å²) in [6.07, 6.45) is 1.04. The molecule has 2 aromatic carbocycles. The number of carbonyl (C=O) groups excluding carboxylic acids is 3. The van der Waals surface area contributed by atoms with Crippen LogP contribution in [0.15, 0.2) is 48.5 Å². The highest BCUT2D eigenvalue weighted by atomic mass is 16.2. The quantitative estimate of drug-likeness (QED) is 0.869. The first-order valence-electron chi connectivity index (χ1n) is 8.65. The number of hydrogen-bond acceptors (Lipinski definition) is 3. The van der Waals surface area contributed by atoms with Crippen molar-refractivity contribution in [3.63, 3.8) is 0 Å². The highest BCUT2D eigenvalue weighted by Crippen LogP contribution is 2.29. The van der Waals surface area contributed by atoms with E-state index in [9.17, 15) is 14.4 Å². The Morgan fingerprint density at radius 2 is 1.81 bits per heavy atom. The molecule has 0 aromatic heterocycles. The van der Waals surface area contributed by atoms with Crippen molar-refractivity contribution in [2.75, 3.05) is 22.1 Å². The van der Waals surface area contributed by atoms with Crippen LogP contribution in [0, 0.1) is 0 Å². The number of anilines is 3. The summed E-state index contributed by atoms with van der Waals surface area (Å²) >= 11 is 0. The first kappa shape index (κ1) is 17.7. The van der Waals surface area contributed by atoms with E-state index in [-0.39, 0.29) is 37.1 Å². The van der Waals surface area contributed by atoms with E-state index in [1.54, 1.807) is 18.2 Å². The average molecular weight is 351 g/mol. The monoisotopic (exact) mass is 351 g/mol. The van der Waals surface area contributed by atoms with Gasteiger partial charge in [0.1, 0.15) is 6.54 Å². The third kappa shape index (κ3) is 4.08. The topological polar surface area (TPSA) is 78.5 Å². The van der Waals surface area contributed by atoms with Crippen LogP contribution in [0.4, 0.5) is 17.1 Å². The van der Waals surface area contributed by atoms with E-state index >= 15 is 0 Å². The Bertz CT molecular complexity index is 830. The smallest absolute Gasteiger partial charge is 0.244 e. The summed E-state index contributed by atoms with van der Waals surface area (Å²) in [5.74, 6) is -0.710. The minimum atomic E-state index is -0.246. The van der Waals surface area contributed by atoms with Gasteiger partial charge in [-0.2, -0.15) is 0 Å². The highest BCUT2D eigenvalue weighted by molar-refractivity contribution is 6.10. The van der Waals surface area contributed by atoms with Crippen molar-refractivity contribution in [2.45, 2.75) is 26.2 Å². The Kier molecular flexibility index (Phi) is 5.31. The number of aryl methyl sites for hydroxylation is 1. The lowest BCUT2D eigenvalue weighted by Gasteiger charge is -2.29. The highest BCUT2D eigenvalue weighted by Gasteiger charge is 2.26. The number of carbonyl (C=O) groups is 3. The van der Waals surface area contributed by atoms with Crippen LogP contribution in [0.5, 0.6) is 0 Å². The van der Waals surface area contributed by atoms with Crippen molar-refractivity contribution in [1.82, 2.24) is 0 Å². The van der Waals surface area contributed by atoms with Gasteiger partial charge >= 0.3 is 0 Å². The number of fused-ring (bicyclic) bond motifs is 1. The van der Waals surface area contributed by atoms with Crippen LogP contribution in [-0.4, -0.2) is 24.3 Å². The molecule has 0 aliphatic carbocycles. The molecule has 0 bridgehead atoms. The molecule has 0 atom stereocenters. The summed E-state index contributed by atoms with van der Waals surface area (Å²) in [5, 5.41) is 5.53. The maximum atomic E-state index is 12.5. The van der Waals surface area contributed by atoms with Crippen molar-refractivity contribution in [1.29, 1.82) is 0 Å². The molecule has 3 rings (SSSR count). The number of rotatable bonds is 5. The van der Waals surface area contributed by atoms with Crippen LogP contribution >= 0.6 is 0 Å². The lowest BCUT2D eigenvalue weighted by Crippen LogP contribution is -2.42. The SMILES string of the molecule is CCc1ccc(NC(=O)CCC(=O)N2CC(=O)Nc3ccccc32)cc1. The maximum Gasteiger partial charge on any atom is 0.244 e. The fraction of sp³-hybridized carbons (Fsp3) is 0.250. The van der Waals surface area contributed by atoms with Crippen molar-refractivity contribution in [2.24, 2.45) is 0 Å². The summed E-state index contributed by atoms with van der Waals surface area (Å²) in [5.41, 5.74) is 3.17. The fourth-order valence-electron chi connectivity index (χ4n) is 2.86. The minimum absolute atomic E-state index is 0.0318. The van der Waals surface area contributed by atoms with Gasteiger partial charge < -0.3 is 15.5 Å². The van der Waals surface area contributed by atoms with Gasteiger partial charge in [-0.1, -0.05) is 31.2 Å². The molecular weight excluding hydrogens is 330 g/mol. The van der Waals surface area contributed by atoms with Gasteiger partial charge in [0.05, 0.1) is 11.4 Å². The summed E-state index contributed by atoms with van der Waals surface area (Å²) < 4.78 is 0. The van der Waals surface area contributed by atoms with Gasteiger partial charge in [0, 0.05) is 18.5 Å². The van der Waals surface area contributed by atoms with Gasteiger partial charge in [-0.05, 0) is 36.2 Å². The van der Waals surface area contributed by atoms with Gasteiger partial charge in [-0.25, -0.2) is 0 Å². The largest absolute Gasteiger partial charge is 0.326 e. The predicted octanol–water partition coefficient (Wildman–Crippen LogP) is 2.95. The van der Waals surface area contributed by atoms with E-state index in [1.165, 1.54) is 10.5 Å². The molecule has 1 heterocycles. The Hall–Kier alpha value is -3.15. The number of para-hydroxylation sites is 2. The van der Waals surface area contributed by atoms with Crippen LogP contribution in [0.2, 0.25) is 0 Å². The molecule has 2 aromatic rings. The van der Waals surface area contributed by atoms with E-state index in [0.717, 1.165) is 6.42 Å². The normalized spacial score (nSPS) is 13.0. The van der Waals surface area contributed by atoms with Gasteiger partial charge in [0.25, 0.3) is 0 Å². The summed E-state index contributed by atoms with van der Waals surface area (Å²) in [4.78, 5) is 37.8. The molecule has 1 aliphatic heterocycles. The van der Waals surface area contributed by atoms with E-state index in [2.05, 4.69) is 17.6 Å². The minimum Gasteiger partial charge on any atom is -0.326 e. The number of hydrogen-bond donors (Lipinski definition) is 2. The van der Waals surface area contributed by atoms with E-state index in [0.29, 0.717) is 17.1 Å². The molecule has 0 radical (unpaired) electrons. The summed E-state index contributed by atoms with van der Waals surface area (Å²) in [7, 11) is 0. The third-order valence-electron chi connectivity index (χ3n) is 4.28. The van der Waals surface area contributed by atoms with Crippen molar-refractivity contribution in [3.8, 4) is 0 Å². The number of nitrogens with one attached hydrogen (secondary N) is 2. The second kappa shape index (κ2) is 7.82. The van der Waals surface area contributed by atoms with Gasteiger partial charge in [-0.15, -0.1) is 0 Å².